The van der Waals surface area contributed by atoms with Crippen LogP contribution in [0.5, 0.6) is 0 Å². The predicted molar refractivity (Wildman–Crippen MR) is 117 cm³/mol. The van der Waals surface area contributed by atoms with E-state index in [0.29, 0.717) is 5.69 Å². The molecule has 0 N–H and O–H groups in total. The minimum absolute atomic E-state index is 0.0731. The highest BCUT2D eigenvalue weighted by Gasteiger charge is 2.30. The van der Waals surface area contributed by atoms with Crippen molar-refractivity contribution in [2.45, 2.75) is 12.5 Å². The van der Waals surface area contributed by atoms with Crippen LogP contribution in [0.3, 0.4) is 0 Å². The van der Waals surface area contributed by atoms with Crippen molar-refractivity contribution in [2.75, 3.05) is 9.91 Å². The summed E-state index contributed by atoms with van der Waals surface area (Å²) in [5.41, 5.74) is 4.79. The monoisotopic (exact) mass is 393 g/mol. The van der Waals surface area contributed by atoms with Gasteiger partial charge in [0.05, 0.1) is 23.1 Å². The van der Waals surface area contributed by atoms with E-state index in [2.05, 4.69) is 24.3 Å². The maximum Gasteiger partial charge on any atom is 0.258 e. The second-order valence-corrected chi connectivity index (χ2v) is 7.25. The van der Waals surface area contributed by atoms with Crippen LogP contribution in [0.15, 0.2) is 102 Å². The Balaban J connectivity index is 1.50. The van der Waals surface area contributed by atoms with Crippen molar-refractivity contribution < 1.29 is 9.59 Å². The van der Waals surface area contributed by atoms with Crippen LogP contribution in [0.4, 0.5) is 11.4 Å². The number of hydrogen-bond donors (Lipinski definition) is 0. The minimum atomic E-state index is -0.319. The normalized spacial score (nSPS) is 18.3. The van der Waals surface area contributed by atoms with Gasteiger partial charge in [-0.3, -0.25) is 14.6 Å². The van der Waals surface area contributed by atoms with Crippen LogP contribution >= 0.6 is 0 Å². The van der Waals surface area contributed by atoms with E-state index in [1.807, 2.05) is 53.5 Å². The van der Waals surface area contributed by atoms with Gasteiger partial charge < -0.3 is 0 Å². The molecular weight excluding hydrogens is 374 g/mol. The Morgan fingerprint density at radius 3 is 1.90 bits per heavy atom. The van der Waals surface area contributed by atoms with E-state index in [0.717, 1.165) is 23.4 Å². The van der Waals surface area contributed by atoms with Gasteiger partial charge in [0.15, 0.2) is 0 Å². The molecule has 0 spiro atoms. The van der Waals surface area contributed by atoms with Crippen LogP contribution in [0.2, 0.25) is 0 Å². The van der Waals surface area contributed by atoms with Crippen LogP contribution in [0.1, 0.15) is 23.6 Å². The summed E-state index contributed by atoms with van der Waals surface area (Å²) in [5.74, 6) is -0.638. The van der Waals surface area contributed by atoms with Gasteiger partial charge in [-0.15, -0.1) is 0 Å². The first-order valence-electron chi connectivity index (χ1n) is 9.84. The summed E-state index contributed by atoms with van der Waals surface area (Å²) < 4.78 is 0. The number of amides is 2. The molecule has 146 valence electrons. The molecule has 0 radical (unpaired) electrons. The molecule has 0 fully saturated rings. The van der Waals surface area contributed by atoms with Crippen molar-refractivity contribution in [1.29, 1.82) is 0 Å². The highest BCUT2D eigenvalue weighted by atomic mass is 16.2. The number of anilines is 2. The first-order valence-corrected chi connectivity index (χ1v) is 9.84. The quantitative estimate of drug-likeness (QED) is 0.615. The SMILES string of the molecule is O=C1C=CC(=O)N1c1ccc(N2N=C(c3ccccc3)CC2c2ccccc2)cc1. The maximum atomic E-state index is 11.9. The van der Waals surface area contributed by atoms with E-state index >= 15 is 0 Å². The third-order valence-corrected chi connectivity index (χ3v) is 5.38. The highest BCUT2D eigenvalue weighted by molar-refractivity contribution is 6.28. The molecule has 5 heteroatoms. The molecule has 0 aromatic heterocycles. The fraction of sp³-hybridized carbons (Fsp3) is 0.0800. The lowest BCUT2D eigenvalue weighted by Crippen LogP contribution is -2.29. The van der Waals surface area contributed by atoms with Crippen LogP contribution in [0.25, 0.3) is 0 Å². The van der Waals surface area contributed by atoms with Crippen molar-refractivity contribution in [1.82, 2.24) is 0 Å². The van der Waals surface area contributed by atoms with Gasteiger partial charge in [0.1, 0.15) is 0 Å². The summed E-state index contributed by atoms with van der Waals surface area (Å²) in [6.07, 6.45) is 3.37. The lowest BCUT2D eigenvalue weighted by molar-refractivity contribution is -0.119. The van der Waals surface area contributed by atoms with Crippen LogP contribution in [-0.2, 0) is 9.59 Å². The zero-order valence-electron chi connectivity index (χ0n) is 16.2. The van der Waals surface area contributed by atoms with E-state index in [4.69, 9.17) is 5.10 Å². The summed E-state index contributed by atoms with van der Waals surface area (Å²) in [4.78, 5) is 25.1. The van der Waals surface area contributed by atoms with Crippen molar-refractivity contribution in [3.8, 4) is 0 Å². The number of carbonyl (C=O) groups is 2. The smallest absolute Gasteiger partial charge is 0.258 e. The Labute approximate surface area is 174 Å². The zero-order valence-corrected chi connectivity index (χ0v) is 16.2. The van der Waals surface area contributed by atoms with Crippen LogP contribution in [-0.4, -0.2) is 17.5 Å². The molecule has 2 aliphatic heterocycles. The first-order chi connectivity index (χ1) is 14.7. The van der Waals surface area contributed by atoms with E-state index in [1.54, 1.807) is 12.1 Å². The second-order valence-electron chi connectivity index (χ2n) is 7.25. The molecule has 2 heterocycles. The summed E-state index contributed by atoms with van der Waals surface area (Å²) in [6.45, 7) is 0. The molecule has 5 nitrogen and oxygen atoms in total. The number of rotatable bonds is 4. The van der Waals surface area contributed by atoms with Gasteiger partial charge >= 0.3 is 0 Å². The summed E-state index contributed by atoms with van der Waals surface area (Å²) in [5, 5.41) is 6.95. The maximum absolute atomic E-state index is 11.9. The third-order valence-electron chi connectivity index (χ3n) is 5.38. The largest absolute Gasteiger partial charge is 0.269 e. The van der Waals surface area contributed by atoms with Gasteiger partial charge in [0.25, 0.3) is 11.8 Å². The van der Waals surface area contributed by atoms with Crippen LogP contribution < -0.4 is 9.91 Å². The Kier molecular flexibility index (Phi) is 4.48. The molecule has 0 aliphatic carbocycles. The average molecular weight is 393 g/mol. The molecule has 1 atom stereocenters. The molecule has 0 saturated carbocycles. The highest BCUT2D eigenvalue weighted by Crippen LogP contribution is 2.37. The molecule has 3 aromatic rings. The molecule has 1 unspecified atom stereocenters. The first kappa shape index (κ1) is 18.1. The van der Waals surface area contributed by atoms with E-state index in [-0.39, 0.29) is 17.9 Å². The Hall–Kier alpha value is -3.99. The molecule has 5 rings (SSSR count). The fourth-order valence-electron chi connectivity index (χ4n) is 3.90. The van der Waals surface area contributed by atoms with E-state index < -0.39 is 0 Å². The number of hydrogen-bond acceptors (Lipinski definition) is 4. The van der Waals surface area contributed by atoms with Gasteiger partial charge in [-0.1, -0.05) is 60.7 Å². The van der Waals surface area contributed by atoms with Gasteiger partial charge in [0, 0.05) is 18.6 Å². The summed E-state index contributed by atoms with van der Waals surface area (Å²) >= 11 is 0. The number of imide groups is 1. The van der Waals surface area contributed by atoms with E-state index in [1.165, 1.54) is 22.6 Å². The standard InChI is InChI=1S/C25H19N3O2/c29-24-15-16-25(30)27(24)20-11-13-21(14-12-20)28-23(19-9-5-2-6-10-19)17-22(26-28)18-7-3-1-4-8-18/h1-16,23H,17H2. The number of carbonyl (C=O) groups excluding carboxylic acids is 2. The summed E-state index contributed by atoms with van der Waals surface area (Å²) in [7, 11) is 0. The van der Waals surface area contributed by atoms with E-state index in [9.17, 15) is 9.59 Å². The molecule has 0 bridgehead atoms. The molecule has 0 saturated heterocycles. The predicted octanol–water partition coefficient (Wildman–Crippen LogP) is 4.47. The summed E-state index contributed by atoms with van der Waals surface area (Å²) in [6, 6.07) is 28.0. The van der Waals surface area contributed by atoms with Crippen molar-refractivity contribution in [3.63, 3.8) is 0 Å². The second kappa shape index (κ2) is 7.44. The number of nitrogens with zero attached hydrogens (tertiary/aromatic N) is 3. The fourth-order valence-corrected chi connectivity index (χ4v) is 3.90. The van der Waals surface area contributed by atoms with Crippen molar-refractivity contribution in [3.05, 3.63) is 108 Å². The molecule has 30 heavy (non-hydrogen) atoms. The Morgan fingerprint density at radius 1 is 0.700 bits per heavy atom. The Morgan fingerprint density at radius 2 is 1.27 bits per heavy atom. The van der Waals surface area contributed by atoms with Gasteiger partial charge in [0.2, 0.25) is 0 Å². The number of hydrazone groups is 1. The molecule has 3 aromatic carbocycles. The lowest BCUT2D eigenvalue weighted by atomic mass is 9.98. The number of benzene rings is 3. The Bertz CT molecular complexity index is 1130. The lowest BCUT2D eigenvalue weighted by Gasteiger charge is -2.24. The van der Waals surface area contributed by atoms with Gasteiger partial charge in [-0.2, -0.15) is 5.10 Å². The topological polar surface area (TPSA) is 53.0 Å². The molecule has 2 amide bonds. The van der Waals surface area contributed by atoms with Crippen LogP contribution in [0, 0.1) is 0 Å². The molecule has 2 aliphatic rings. The van der Waals surface area contributed by atoms with Gasteiger partial charge in [-0.05, 0) is 35.4 Å². The third kappa shape index (κ3) is 3.20. The van der Waals surface area contributed by atoms with Gasteiger partial charge in [-0.25, -0.2) is 4.90 Å². The minimum Gasteiger partial charge on any atom is -0.269 e. The molecular formula is C25H19N3O2. The zero-order chi connectivity index (χ0) is 20.5. The van der Waals surface area contributed by atoms with Crippen molar-refractivity contribution in [2.24, 2.45) is 5.10 Å². The van der Waals surface area contributed by atoms with Crippen molar-refractivity contribution >= 4 is 28.9 Å². The average Bonchev–Trinajstić information content (AvgIpc) is 3.39.